The van der Waals surface area contributed by atoms with E-state index in [9.17, 15) is 5.11 Å². The van der Waals surface area contributed by atoms with Crippen LogP contribution in [-0.2, 0) is 9.59 Å². The highest BCUT2D eigenvalue weighted by molar-refractivity contribution is 7.14. The molecule has 8 heteroatoms. The summed E-state index contributed by atoms with van der Waals surface area (Å²) in [5, 5.41) is 30.3. The number of thiazole rings is 1. The predicted octanol–water partition coefficient (Wildman–Crippen LogP) is 3.72. The Morgan fingerprint density at radius 2 is 1.69 bits per heavy atom. The van der Waals surface area contributed by atoms with Crippen LogP contribution < -0.4 is 5.32 Å². The van der Waals surface area contributed by atoms with Gasteiger partial charge in [0, 0.05) is 16.6 Å². The Hall–Kier alpha value is -3.39. The summed E-state index contributed by atoms with van der Waals surface area (Å²) in [4.78, 5) is 22.8. The SMILES string of the molecule is Cc1cccc(Nc2nc(-c3ccc(O)cc3)cs2)c1.O=C(O)C(=O)O. The quantitative estimate of drug-likeness (QED) is 0.517. The summed E-state index contributed by atoms with van der Waals surface area (Å²) in [6, 6.07) is 15.3. The van der Waals surface area contributed by atoms with E-state index < -0.39 is 11.9 Å². The van der Waals surface area contributed by atoms with Crippen LogP contribution in [0.4, 0.5) is 10.8 Å². The second kappa shape index (κ2) is 8.63. The number of aromatic hydroxyl groups is 1. The van der Waals surface area contributed by atoms with E-state index in [2.05, 4.69) is 29.4 Å². The van der Waals surface area contributed by atoms with Crippen molar-refractivity contribution >= 4 is 34.1 Å². The molecule has 0 amide bonds. The van der Waals surface area contributed by atoms with E-state index in [0.717, 1.165) is 22.1 Å². The van der Waals surface area contributed by atoms with Crippen LogP contribution in [0.1, 0.15) is 5.56 Å². The van der Waals surface area contributed by atoms with Crippen molar-refractivity contribution in [2.75, 3.05) is 5.32 Å². The summed E-state index contributed by atoms with van der Waals surface area (Å²) >= 11 is 1.56. The number of benzene rings is 2. The van der Waals surface area contributed by atoms with Gasteiger partial charge in [0.25, 0.3) is 0 Å². The van der Waals surface area contributed by atoms with E-state index in [1.54, 1.807) is 23.5 Å². The zero-order valence-corrected chi connectivity index (χ0v) is 14.5. The second-order valence-corrected chi connectivity index (χ2v) is 6.05. The number of hydrogen-bond acceptors (Lipinski definition) is 6. The molecule has 0 saturated heterocycles. The summed E-state index contributed by atoms with van der Waals surface area (Å²) < 4.78 is 0. The number of phenolic OH excluding ortho intramolecular Hbond substituents is 1. The summed E-state index contributed by atoms with van der Waals surface area (Å²) in [6.45, 7) is 2.06. The molecule has 0 atom stereocenters. The molecule has 0 aliphatic carbocycles. The molecule has 3 rings (SSSR count). The van der Waals surface area contributed by atoms with Gasteiger partial charge in [0.1, 0.15) is 5.75 Å². The summed E-state index contributed by atoms with van der Waals surface area (Å²) in [5.74, 6) is -3.38. The van der Waals surface area contributed by atoms with Crippen molar-refractivity contribution in [3.63, 3.8) is 0 Å². The molecule has 3 aromatic rings. The van der Waals surface area contributed by atoms with Crippen LogP contribution >= 0.6 is 11.3 Å². The van der Waals surface area contributed by atoms with Gasteiger partial charge in [0.2, 0.25) is 0 Å². The van der Waals surface area contributed by atoms with Gasteiger partial charge in [0.15, 0.2) is 5.13 Å². The molecule has 0 spiro atoms. The zero-order chi connectivity index (χ0) is 19.1. The van der Waals surface area contributed by atoms with Gasteiger partial charge in [-0.1, -0.05) is 12.1 Å². The van der Waals surface area contributed by atoms with Crippen LogP contribution in [0, 0.1) is 6.92 Å². The Balaban J connectivity index is 0.000000352. The van der Waals surface area contributed by atoms with Crippen LogP contribution in [0.2, 0.25) is 0 Å². The summed E-state index contributed by atoms with van der Waals surface area (Å²) in [5.41, 5.74) is 4.16. The largest absolute Gasteiger partial charge is 0.508 e. The van der Waals surface area contributed by atoms with Crippen LogP contribution in [-0.4, -0.2) is 32.2 Å². The van der Waals surface area contributed by atoms with Crippen LogP contribution in [0.5, 0.6) is 5.75 Å². The highest BCUT2D eigenvalue weighted by Gasteiger charge is 2.05. The number of anilines is 2. The first-order valence-corrected chi connectivity index (χ1v) is 8.28. The lowest BCUT2D eigenvalue weighted by atomic mass is 10.2. The number of aliphatic carboxylic acids is 2. The number of carbonyl (C=O) groups is 2. The zero-order valence-electron chi connectivity index (χ0n) is 13.7. The van der Waals surface area contributed by atoms with Gasteiger partial charge in [-0.3, -0.25) is 0 Å². The Morgan fingerprint density at radius 1 is 1.04 bits per heavy atom. The molecular weight excluding hydrogens is 356 g/mol. The van der Waals surface area contributed by atoms with Crippen molar-refractivity contribution in [3.8, 4) is 17.0 Å². The molecule has 0 aliphatic heterocycles. The van der Waals surface area contributed by atoms with Crippen molar-refractivity contribution in [2.45, 2.75) is 6.92 Å². The minimum absolute atomic E-state index is 0.266. The fraction of sp³-hybridized carbons (Fsp3) is 0.0556. The normalized spacial score (nSPS) is 9.73. The highest BCUT2D eigenvalue weighted by Crippen LogP contribution is 2.28. The molecule has 0 saturated carbocycles. The molecule has 4 N–H and O–H groups in total. The van der Waals surface area contributed by atoms with Crippen molar-refractivity contribution < 1.29 is 24.9 Å². The number of carboxylic acids is 2. The molecule has 0 fully saturated rings. The van der Waals surface area contributed by atoms with E-state index in [-0.39, 0.29) is 5.75 Å². The maximum Gasteiger partial charge on any atom is 0.414 e. The first-order chi connectivity index (χ1) is 12.3. The number of aromatic nitrogens is 1. The van der Waals surface area contributed by atoms with Gasteiger partial charge in [-0.05, 0) is 48.9 Å². The Labute approximate surface area is 153 Å². The average Bonchev–Trinajstić information content (AvgIpc) is 3.04. The second-order valence-electron chi connectivity index (χ2n) is 5.19. The van der Waals surface area contributed by atoms with E-state index in [1.807, 2.05) is 29.6 Å². The molecule has 134 valence electrons. The maximum atomic E-state index is 9.30. The first-order valence-electron chi connectivity index (χ1n) is 7.40. The van der Waals surface area contributed by atoms with Gasteiger partial charge in [-0.2, -0.15) is 0 Å². The lowest BCUT2D eigenvalue weighted by Crippen LogP contribution is -2.09. The molecule has 7 nitrogen and oxygen atoms in total. The Kier molecular flexibility index (Phi) is 6.29. The number of nitrogens with zero attached hydrogens (tertiary/aromatic N) is 1. The fourth-order valence-corrected chi connectivity index (χ4v) is 2.68. The van der Waals surface area contributed by atoms with Crippen LogP contribution in [0.15, 0.2) is 53.9 Å². The minimum Gasteiger partial charge on any atom is -0.508 e. The van der Waals surface area contributed by atoms with Gasteiger partial charge in [-0.25, -0.2) is 14.6 Å². The van der Waals surface area contributed by atoms with E-state index in [4.69, 9.17) is 19.8 Å². The lowest BCUT2D eigenvalue weighted by molar-refractivity contribution is -0.159. The lowest BCUT2D eigenvalue weighted by Gasteiger charge is -2.03. The average molecular weight is 372 g/mol. The summed E-state index contributed by atoms with van der Waals surface area (Å²) in [6.07, 6.45) is 0. The van der Waals surface area contributed by atoms with Gasteiger partial charge in [-0.15, -0.1) is 11.3 Å². The molecular formula is C18H16N2O5S. The number of carboxylic acid groups (broad SMARTS) is 2. The number of rotatable bonds is 3. The van der Waals surface area contributed by atoms with Crippen molar-refractivity contribution in [1.29, 1.82) is 0 Å². The molecule has 0 aliphatic rings. The monoisotopic (exact) mass is 372 g/mol. The molecule has 0 radical (unpaired) electrons. The van der Waals surface area contributed by atoms with Crippen LogP contribution in [0.25, 0.3) is 11.3 Å². The van der Waals surface area contributed by atoms with E-state index in [1.165, 1.54) is 5.56 Å². The number of aryl methyl sites for hydroxylation is 1. The number of hydrogen-bond donors (Lipinski definition) is 4. The smallest absolute Gasteiger partial charge is 0.414 e. The molecule has 26 heavy (non-hydrogen) atoms. The minimum atomic E-state index is -1.82. The van der Waals surface area contributed by atoms with Crippen LogP contribution in [0.3, 0.4) is 0 Å². The van der Waals surface area contributed by atoms with E-state index >= 15 is 0 Å². The molecule has 0 bridgehead atoms. The van der Waals surface area contributed by atoms with E-state index in [0.29, 0.717) is 0 Å². The summed E-state index contributed by atoms with van der Waals surface area (Å²) in [7, 11) is 0. The van der Waals surface area contributed by atoms with Crippen molar-refractivity contribution in [1.82, 2.24) is 4.98 Å². The fourth-order valence-electron chi connectivity index (χ4n) is 1.94. The topological polar surface area (TPSA) is 120 Å². The standard InChI is InChI=1S/C16H14N2OS.C2H2O4/c1-11-3-2-4-13(9-11)17-16-18-15(10-20-16)12-5-7-14(19)8-6-12;3-1(4)2(5)6/h2-10,19H,1H3,(H,17,18);(H,3,4)(H,5,6). The molecule has 1 heterocycles. The van der Waals surface area contributed by atoms with Gasteiger partial charge >= 0.3 is 11.9 Å². The van der Waals surface area contributed by atoms with Crippen molar-refractivity contribution in [2.24, 2.45) is 0 Å². The number of phenols is 1. The molecule has 1 aromatic heterocycles. The van der Waals surface area contributed by atoms with Crippen molar-refractivity contribution in [3.05, 3.63) is 59.5 Å². The third-order valence-corrected chi connectivity index (χ3v) is 3.88. The molecule has 0 unspecified atom stereocenters. The third kappa shape index (κ3) is 5.60. The third-order valence-electron chi connectivity index (χ3n) is 3.12. The Bertz CT molecular complexity index is 894. The predicted molar refractivity (Wildman–Crippen MR) is 98.9 cm³/mol. The van der Waals surface area contributed by atoms with Gasteiger partial charge < -0.3 is 20.6 Å². The Morgan fingerprint density at radius 3 is 2.27 bits per heavy atom. The number of nitrogens with one attached hydrogen (secondary N) is 1. The molecule has 2 aromatic carbocycles. The van der Waals surface area contributed by atoms with Gasteiger partial charge in [0.05, 0.1) is 5.69 Å². The maximum absolute atomic E-state index is 9.30. The highest BCUT2D eigenvalue weighted by atomic mass is 32.1. The first kappa shape index (κ1) is 18.9.